The zero-order valence-corrected chi connectivity index (χ0v) is 8.00. The van der Waals surface area contributed by atoms with Gasteiger partial charge in [0, 0.05) is 6.20 Å². The van der Waals surface area contributed by atoms with Gasteiger partial charge in [-0.3, -0.25) is 0 Å². The molecule has 0 aromatic carbocycles. The topological polar surface area (TPSA) is 30.0 Å². The van der Waals surface area contributed by atoms with Crippen LogP contribution >= 0.6 is 18.7 Å². The van der Waals surface area contributed by atoms with Gasteiger partial charge in [0.05, 0.1) is 4.62 Å². The van der Waals surface area contributed by atoms with E-state index in [1.54, 1.807) is 19.5 Å². The highest BCUT2D eigenvalue weighted by Gasteiger charge is 2.15. The number of rotatable bonds is 1. The van der Waals surface area contributed by atoms with Crippen LogP contribution in [0.2, 0.25) is 0 Å². The van der Waals surface area contributed by atoms with Crippen molar-refractivity contribution in [3.8, 4) is 0 Å². The number of aromatic nitrogens is 1. The van der Waals surface area contributed by atoms with Crippen LogP contribution in [0.3, 0.4) is 0 Å². The van der Waals surface area contributed by atoms with Crippen molar-refractivity contribution in [1.29, 1.82) is 0 Å². The maximum absolute atomic E-state index is 11.5. The first-order valence-electron chi connectivity index (χ1n) is 2.98. The molecule has 0 amide bonds. The molecule has 0 aliphatic rings. The lowest BCUT2D eigenvalue weighted by atomic mass is 10.4. The van der Waals surface area contributed by atoms with Crippen molar-refractivity contribution in [3.05, 3.63) is 11.8 Å². The highest BCUT2D eigenvalue weighted by Crippen LogP contribution is 2.37. The van der Waals surface area contributed by atoms with E-state index in [0.29, 0.717) is 0 Å². The molecule has 0 saturated carbocycles. The summed E-state index contributed by atoms with van der Waals surface area (Å²) in [5, 5.41) is 0. The van der Waals surface area contributed by atoms with Gasteiger partial charge < -0.3 is 4.57 Å². The minimum atomic E-state index is -2.05. The number of nitrogens with zero attached hydrogens (tertiary/aromatic N) is 1. The highest BCUT2D eigenvalue weighted by atomic mass is 32.1. The van der Waals surface area contributed by atoms with Gasteiger partial charge in [0.25, 0.3) is 0 Å². The first-order valence-corrected chi connectivity index (χ1v) is 6.36. The Morgan fingerprint density at radius 3 is 2.40 bits per heavy atom. The van der Waals surface area contributed by atoms with Crippen LogP contribution in [-0.2, 0) is 4.57 Å². The average molecular weight is 175 g/mol. The summed E-state index contributed by atoms with van der Waals surface area (Å²) >= 11 is 1.34. The molecule has 1 aromatic rings. The fourth-order valence-corrected chi connectivity index (χ4v) is 3.15. The van der Waals surface area contributed by atoms with Gasteiger partial charge in [0.15, 0.2) is 0 Å². The lowest BCUT2D eigenvalue weighted by Gasteiger charge is -2.01. The number of hydrogen-bond donors (Lipinski definition) is 0. The van der Waals surface area contributed by atoms with Crippen LogP contribution in [0.4, 0.5) is 0 Å². The third-order valence-electron chi connectivity index (χ3n) is 1.21. The van der Waals surface area contributed by atoms with Crippen molar-refractivity contribution in [2.24, 2.45) is 0 Å². The molecule has 0 unspecified atom stereocenters. The third-order valence-corrected chi connectivity index (χ3v) is 4.81. The van der Waals surface area contributed by atoms with Crippen LogP contribution < -0.4 is 4.62 Å². The Balaban J connectivity index is 3.18. The van der Waals surface area contributed by atoms with Crippen molar-refractivity contribution in [2.75, 3.05) is 13.3 Å². The Hall–Kier alpha value is -0.140. The molecule has 0 radical (unpaired) electrons. The molecule has 0 spiro atoms. The summed E-state index contributed by atoms with van der Waals surface area (Å²) in [6, 6.07) is 0. The van der Waals surface area contributed by atoms with Crippen LogP contribution in [0.5, 0.6) is 0 Å². The summed E-state index contributed by atoms with van der Waals surface area (Å²) in [6.07, 6.45) is 1.76. The normalized spacial score (nSPS) is 11.9. The molecule has 0 N–H and O–H groups in total. The van der Waals surface area contributed by atoms with Gasteiger partial charge in [0.1, 0.15) is 7.14 Å². The Kier molecular flexibility index (Phi) is 1.97. The summed E-state index contributed by atoms with van der Waals surface area (Å²) in [5.41, 5.74) is 1.05. The van der Waals surface area contributed by atoms with E-state index in [1.165, 1.54) is 11.5 Å². The summed E-state index contributed by atoms with van der Waals surface area (Å²) in [4.78, 5) is 0. The van der Waals surface area contributed by atoms with Gasteiger partial charge in [0.2, 0.25) is 0 Å². The van der Waals surface area contributed by atoms with E-state index in [0.717, 1.165) is 10.2 Å². The van der Waals surface area contributed by atoms with Crippen molar-refractivity contribution >= 4 is 23.3 Å². The Morgan fingerprint density at radius 2 is 2.20 bits per heavy atom. The first kappa shape index (κ1) is 7.96. The Labute approximate surface area is 64.8 Å². The SMILES string of the molecule is Cc1cnsc1P(C)(C)=O. The maximum atomic E-state index is 11.5. The first-order chi connectivity index (χ1) is 4.52. The highest BCUT2D eigenvalue weighted by molar-refractivity contribution is 7.75. The van der Waals surface area contributed by atoms with Gasteiger partial charge in [-0.15, -0.1) is 0 Å². The minimum absolute atomic E-state index is 0.951. The molecule has 0 aliphatic carbocycles. The van der Waals surface area contributed by atoms with Crippen molar-refractivity contribution < 1.29 is 4.57 Å². The van der Waals surface area contributed by atoms with Gasteiger partial charge in [-0.1, -0.05) is 0 Å². The summed E-state index contributed by atoms with van der Waals surface area (Å²) in [7, 11) is -2.05. The molecule has 0 fully saturated rings. The molecular formula is C6H10NOPS. The van der Waals surface area contributed by atoms with Crippen molar-refractivity contribution in [1.82, 2.24) is 4.37 Å². The van der Waals surface area contributed by atoms with Crippen LogP contribution in [0.1, 0.15) is 5.56 Å². The monoisotopic (exact) mass is 175 g/mol. The molecule has 2 nitrogen and oxygen atoms in total. The molecule has 56 valence electrons. The molecule has 1 heterocycles. The smallest absolute Gasteiger partial charge is 0.121 e. The van der Waals surface area contributed by atoms with E-state index >= 15 is 0 Å². The fourth-order valence-electron chi connectivity index (χ4n) is 0.806. The van der Waals surface area contributed by atoms with Gasteiger partial charge in [-0.05, 0) is 37.3 Å². The lowest BCUT2D eigenvalue weighted by Crippen LogP contribution is -1.99. The van der Waals surface area contributed by atoms with Crippen molar-refractivity contribution in [2.45, 2.75) is 6.92 Å². The van der Waals surface area contributed by atoms with E-state index < -0.39 is 7.14 Å². The van der Waals surface area contributed by atoms with E-state index in [9.17, 15) is 4.57 Å². The zero-order chi connectivity index (χ0) is 7.78. The molecule has 10 heavy (non-hydrogen) atoms. The lowest BCUT2D eigenvalue weighted by molar-refractivity contribution is 0.588. The van der Waals surface area contributed by atoms with E-state index in [-0.39, 0.29) is 0 Å². The average Bonchev–Trinajstić information content (AvgIpc) is 2.11. The molecule has 0 atom stereocenters. The summed E-state index contributed by atoms with van der Waals surface area (Å²) < 4.78 is 16.4. The quantitative estimate of drug-likeness (QED) is 0.608. The largest absolute Gasteiger partial charge is 0.318 e. The molecule has 4 heteroatoms. The van der Waals surface area contributed by atoms with Crippen molar-refractivity contribution in [3.63, 3.8) is 0 Å². The second kappa shape index (κ2) is 2.48. The van der Waals surface area contributed by atoms with Crippen LogP contribution in [0.25, 0.3) is 0 Å². The third kappa shape index (κ3) is 1.47. The van der Waals surface area contributed by atoms with Gasteiger partial charge in [-0.2, -0.15) is 0 Å². The fraction of sp³-hybridized carbons (Fsp3) is 0.500. The van der Waals surface area contributed by atoms with Crippen LogP contribution in [-0.4, -0.2) is 17.7 Å². The molecule has 0 saturated heterocycles. The maximum Gasteiger partial charge on any atom is 0.121 e. The van der Waals surface area contributed by atoms with E-state index in [4.69, 9.17) is 0 Å². The van der Waals surface area contributed by atoms with Crippen LogP contribution in [0, 0.1) is 6.92 Å². The van der Waals surface area contributed by atoms with Gasteiger partial charge >= 0.3 is 0 Å². The van der Waals surface area contributed by atoms with E-state index in [1.807, 2.05) is 6.92 Å². The van der Waals surface area contributed by atoms with E-state index in [2.05, 4.69) is 4.37 Å². The summed E-state index contributed by atoms with van der Waals surface area (Å²) in [6.45, 7) is 5.49. The van der Waals surface area contributed by atoms with Crippen LogP contribution in [0.15, 0.2) is 6.20 Å². The molecule has 0 bridgehead atoms. The standard InChI is InChI=1S/C6H10NOPS/c1-5-4-7-10-6(5)9(2,3)8/h4H,1-3H3. The predicted octanol–water partition coefficient (Wildman–Crippen LogP) is 1.70. The number of aryl methyl sites for hydroxylation is 1. The molecule has 1 aromatic heterocycles. The van der Waals surface area contributed by atoms with Gasteiger partial charge in [-0.25, -0.2) is 4.37 Å². The summed E-state index contributed by atoms with van der Waals surface area (Å²) in [5.74, 6) is 0. The minimum Gasteiger partial charge on any atom is -0.318 e. The molecular weight excluding hydrogens is 165 g/mol. The second-order valence-electron chi connectivity index (χ2n) is 2.66. The molecule has 1 rings (SSSR count). The Bertz CT molecular complexity index is 275. The molecule has 0 aliphatic heterocycles. The zero-order valence-electron chi connectivity index (χ0n) is 6.29. The Morgan fingerprint density at radius 1 is 1.60 bits per heavy atom. The second-order valence-corrected chi connectivity index (χ2v) is 6.92. The number of hydrogen-bond acceptors (Lipinski definition) is 3. The predicted molar refractivity (Wildman–Crippen MR) is 45.9 cm³/mol.